The molecule has 0 spiro atoms. The minimum atomic E-state index is -0.316. The van der Waals surface area contributed by atoms with Gasteiger partial charge in [-0.15, -0.1) is 0 Å². The highest BCUT2D eigenvalue weighted by atomic mass is 16.3. The lowest BCUT2D eigenvalue weighted by Crippen LogP contribution is -2.28. The van der Waals surface area contributed by atoms with Crippen LogP contribution < -0.4 is 5.73 Å². The lowest BCUT2D eigenvalue weighted by Gasteiger charge is -2.34. The summed E-state index contributed by atoms with van der Waals surface area (Å²) in [6.07, 6.45) is 7.36. The molecule has 4 nitrogen and oxygen atoms in total. The van der Waals surface area contributed by atoms with Crippen LogP contribution in [0.2, 0.25) is 0 Å². The number of aromatic nitrogens is 2. The Labute approximate surface area is 103 Å². The Morgan fingerprint density at radius 1 is 1.53 bits per heavy atom. The van der Waals surface area contributed by atoms with Crippen LogP contribution in [0.5, 0.6) is 0 Å². The number of aliphatic hydroxyl groups is 1. The van der Waals surface area contributed by atoms with Crippen LogP contribution in [-0.2, 0) is 0 Å². The molecule has 4 heteroatoms. The molecule has 0 bridgehead atoms. The molecular formula is C13H23N3O. The average molecular weight is 237 g/mol. The van der Waals surface area contributed by atoms with Crippen LogP contribution in [0.1, 0.15) is 50.9 Å². The van der Waals surface area contributed by atoms with Gasteiger partial charge in [-0.2, -0.15) is 0 Å². The van der Waals surface area contributed by atoms with Crippen LogP contribution in [0.4, 0.5) is 0 Å². The molecule has 0 amide bonds. The van der Waals surface area contributed by atoms with Gasteiger partial charge in [-0.25, -0.2) is 4.98 Å². The first-order valence-electron chi connectivity index (χ1n) is 6.51. The molecule has 1 aliphatic carbocycles. The predicted octanol–water partition coefficient (Wildman–Crippen LogP) is 1.87. The first-order chi connectivity index (χ1) is 8.13. The minimum absolute atomic E-state index is 0.0246. The number of nitrogens with zero attached hydrogens (tertiary/aromatic N) is 2. The molecular weight excluding hydrogens is 214 g/mol. The molecule has 4 unspecified atom stereocenters. The summed E-state index contributed by atoms with van der Waals surface area (Å²) >= 11 is 0. The summed E-state index contributed by atoms with van der Waals surface area (Å²) in [7, 11) is 0. The second-order valence-corrected chi connectivity index (χ2v) is 5.48. The van der Waals surface area contributed by atoms with E-state index in [0.717, 1.165) is 11.6 Å². The van der Waals surface area contributed by atoms with Crippen molar-refractivity contribution >= 4 is 0 Å². The number of aliphatic hydroxyl groups excluding tert-OH is 1. The molecule has 1 aliphatic rings. The molecule has 4 atom stereocenters. The molecule has 3 N–H and O–H groups in total. The maximum atomic E-state index is 9.17. The number of hydrogen-bond donors (Lipinski definition) is 2. The van der Waals surface area contributed by atoms with Crippen molar-refractivity contribution in [2.75, 3.05) is 6.61 Å². The molecule has 0 saturated heterocycles. The molecule has 0 aliphatic heterocycles. The Morgan fingerprint density at radius 2 is 2.29 bits per heavy atom. The van der Waals surface area contributed by atoms with Gasteiger partial charge < -0.3 is 15.4 Å². The number of hydrogen-bond acceptors (Lipinski definition) is 3. The standard InChI is InChI=1S/C13H23N3O/c1-9-3-4-12(10(2)5-9)16-8-15-6-13(16)11(14)7-17/h6,8-12,17H,3-5,7,14H2,1-2H3. The average Bonchev–Trinajstić information content (AvgIpc) is 2.77. The Hall–Kier alpha value is -0.870. The summed E-state index contributed by atoms with van der Waals surface area (Å²) in [5.41, 5.74) is 6.87. The highest BCUT2D eigenvalue weighted by Gasteiger charge is 2.28. The van der Waals surface area contributed by atoms with E-state index in [9.17, 15) is 5.11 Å². The molecule has 2 rings (SSSR count). The van der Waals surface area contributed by atoms with Crippen LogP contribution in [0.15, 0.2) is 12.5 Å². The first kappa shape index (κ1) is 12.6. The lowest BCUT2D eigenvalue weighted by molar-refractivity contribution is 0.197. The van der Waals surface area contributed by atoms with Gasteiger partial charge in [0.15, 0.2) is 0 Å². The molecule has 0 radical (unpaired) electrons. The fraction of sp³-hybridized carbons (Fsp3) is 0.769. The Morgan fingerprint density at radius 3 is 2.94 bits per heavy atom. The van der Waals surface area contributed by atoms with Crippen molar-refractivity contribution < 1.29 is 5.11 Å². The zero-order valence-corrected chi connectivity index (χ0v) is 10.7. The van der Waals surface area contributed by atoms with Gasteiger partial charge in [0, 0.05) is 12.2 Å². The normalized spacial score (nSPS) is 31.4. The molecule has 1 saturated carbocycles. The molecule has 1 heterocycles. The smallest absolute Gasteiger partial charge is 0.0951 e. The zero-order valence-electron chi connectivity index (χ0n) is 10.7. The second kappa shape index (κ2) is 5.19. The van der Waals surface area contributed by atoms with Crippen molar-refractivity contribution in [2.24, 2.45) is 17.6 Å². The maximum absolute atomic E-state index is 9.17. The Balaban J connectivity index is 2.19. The van der Waals surface area contributed by atoms with Gasteiger partial charge in [0.05, 0.1) is 24.7 Å². The third kappa shape index (κ3) is 2.53. The zero-order chi connectivity index (χ0) is 12.4. The van der Waals surface area contributed by atoms with E-state index in [0.29, 0.717) is 12.0 Å². The fourth-order valence-electron chi connectivity index (χ4n) is 3.04. The van der Waals surface area contributed by atoms with Crippen molar-refractivity contribution in [3.8, 4) is 0 Å². The topological polar surface area (TPSA) is 64.1 Å². The predicted molar refractivity (Wildman–Crippen MR) is 67.5 cm³/mol. The van der Waals surface area contributed by atoms with Crippen LogP contribution in [-0.4, -0.2) is 21.3 Å². The van der Waals surface area contributed by atoms with E-state index in [1.54, 1.807) is 6.20 Å². The monoisotopic (exact) mass is 237 g/mol. The van der Waals surface area contributed by atoms with Crippen LogP contribution in [0.3, 0.4) is 0 Å². The first-order valence-corrected chi connectivity index (χ1v) is 6.51. The number of nitrogens with two attached hydrogens (primary N) is 1. The Kier molecular flexibility index (Phi) is 3.84. The van der Waals surface area contributed by atoms with Crippen molar-refractivity contribution in [1.82, 2.24) is 9.55 Å². The maximum Gasteiger partial charge on any atom is 0.0951 e. The van der Waals surface area contributed by atoms with Gasteiger partial charge >= 0.3 is 0 Å². The van der Waals surface area contributed by atoms with E-state index in [4.69, 9.17) is 5.73 Å². The van der Waals surface area contributed by atoms with Gasteiger partial charge in [0.1, 0.15) is 0 Å². The lowest BCUT2D eigenvalue weighted by atomic mass is 9.79. The van der Waals surface area contributed by atoms with E-state index in [2.05, 4.69) is 23.4 Å². The molecule has 1 fully saturated rings. The molecule has 1 aromatic rings. The second-order valence-electron chi connectivity index (χ2n) is 5.48. The van der Waals surface area contributed by atoms with E-state index in [1.807, 2.05) is 6.33 Å². The highest BCUT2D eigenvalue weighted by Crippen LogP contribution is 2.37. The molecule has 1 aromatic heterocycles. The van der Waals surface area contributed by atoms with E-state index < -0.39 is 0 Å². The molecule has 96 valence electrons. The molecule has 0 aromatic carbocycles. The van der Waals surface area contributed by atoms with E-state index >= 15 is 0 Å². The summed E-state index contributed by atoms with van der Waals surface area (Å²) in [5.74, 6) is 1.47. The van der Waals surface area contributed by atoms with Crippen molar-refractivity contribution in [3.63, 3.8) is 0 Å². The SMILES string of the molecule is CC1CCC(n2cncc2C(N)CO)C(C)C1. The van der Waals surface area contributed by atoms with Gasteiger partial charge in [-0.1, -0.05) is 13.8 Å². The molecule has 17 heavy (non-hydrogen) atoms. The van der Waals surface area contributed by atoms with Crippen LogP contribution in [0.25, 0.3) is 0 Å². The number of rotatable bonds is 3. The minimum Gasteiger partial charge on any atom is -0.394 e. The summed E-state index contributed by atoms with van der Waals surface area (Å²) in [4.78, 5) is 4.19. The number of imidazole rings is 1. The van der Waals surface area contributed by atoms with E-state index in [1.165, 1.54) is 19.3 Å². The summed E-state index contributed by atoms with van der Waals surface area (Å²) in [6.45, 7) is 4.60. The van der Waals surface area contributed by atoms with E-state index in [-0.39, 0.29) is 12.6 Å². The van der Waals surface area contributed by atoms with Crippen molar-refractivity contribution in [3.05, 3.63) is 18.2 Å². The van der Waals surface area contributed by atoms with Crippen LogP contribution in [0, 0.1) is 11.8 Å². The summed E-state index contributed by atoms with van der Waals surface area (Å²) in [6, 6.07) is 0.172. The quantitative estimate of drug-likeness (QED) is 0.843. The highest BCUT2D eigenvalue weighted by molar-refractivity contribution is 5.07. The fourth-order valence-corrected chi connectivity index (χ4v) is 3.04. The van der Waals surface area contributed by atoms with Gasteiger partial charge in [0.2, 0.25) is 0 Å². The third-order valence-electron chi connectivity index (χ3n) is 4.02. The summed E-state index contributed by atoms with van der Waals surface area (Å²) in [5, 5.41) is 9.17. The van der Waals surface area contributed by atoms with Gasteiger partial charge in [-0.05, 0) is 31.1 Å². The summed E-state index contributed by atoms with van der Waals surface area (Å²) < 4.78 is 2.18. The Bertz CT molecular complexity index is 363. The van der Waals surface area contributed by atoms with Gasteiger partial charge in [-0.3, -0.25) is 0 Å². The van der Waals surface area contributed by atoms with Crippen molar-refractivity contribution in [2.45, 2.75) is 45.2 Å². The third-order valence-corrected chi connectivity index (χ3v) is 4.02. The van der Waals surface area contributed by atoms with Crippen molar-refractivity contribution in [1.29, 1.82) is 0 Å². The van der Waals surface area contributed by atoms with Crippen LogP contribution >= 0.6 is 0 Å². The largest absolute Gasteiger partial charge is 0.394 e. The van der Waals surface area contributed by atoms with Gasteiger partial charge in [0.25, 0.3) is 0 Å².